The SMILES string of the molecule is C=C1CC[C@@]2(O)C3(O[C@@]4(O)C[C@]2(C)[C@]2(O)[C@H](OC(=O)c5ccc[nH]5)[C@](O)(C(C)C)[C@]4(C)[C@]32O)C1O. The first-order valence-corrected chi connectivity index (χ1v) is 12.0. The molecule has 0 aromatic carbocycles. The van der Waals surface area contributed by atoms with Crippen molar-refractivity contribution in [1.82, 2.24) is 4.98 Å². The molecular weight excluding hydrogens is 458 g/mol. The van der Waals surface area contributed by atoms with Crippen LogP contribution < -0.4 is 0 Å². The first-order valence-electron chi connectivity index (χ1n) is 12.0. The lowest BCUT2D eigenvalue weighted by atomic mass is 9.52. The number of H-pyrrole nitrogens is 1. The average molecular weight is 492 g/mol. The highest BCUT2D eigenvalue weighted by Crippen LogP contribution is 2.90. The molecule has 6 fully saturated rings. The van der Waals surface area contributed by atoms with E-state index in [-0.39, 0.29) is 30.5 Å². The molecule has 7 rings (SSSR count). The number of ether oxygens (including phenoxy) is 2. The van der Waals surface area contributed by atoms with E-state index in [0.717, 1.165) is 0 Å². The highest BCUT2D eigenvalue weighted by molar-refractivity contribution is 5.87. The third-order valence-electron chi connectivity index (χ3n) is 11.0. The van der Waals surface area contributed by atoms with Crippen molar-refractivity contribution < 1.29 is 44.9 Å². The van der Waals surface area contributed by atoms with Crippen molar-refractivity contribution in [2.45, 2.75) is 93.0 Å². The van der Waals surface area contributed by atoms with Gasteiger partial charge in [0.2, 0.25) is 0 Å². The molecule has 2 aliphatic heterocycles. The Bertz CT molecular complexity index is 1170. The first-order chi connectivity index (χ1) is 16.0. The van der Waals surface area contributed by atoms with Crippen molar-refractivity contribution in [3.8, 4) is 0 Å². The van der Waals surface area contributed by atoms with Gasteiger partial charge in [0, 0.05) is 18.0 Å². The number of carbonyl (C=O) groups is 1. The number of rotatable bonds is 3. The molecule has 192 valence electrons. The maximum Gasteiger partial charge on any atom is 0.355 e. The maximum absolute atomic E-state index is 13.2. The van der Waals surface area contributed by atoms with Gasteiger partial charge in [0.25, 0.3) is 0 Å². The molecule has 0 amide bonds. The van der Waals surface area contributed by atoms with Crippen LogP contribution in [0.1, 0.15) is 57.4 Å². The van der Waals surface area contributed by atoms with Gasteiger partial charge in [0.1, 0.15) is 34.2 Å². The van der Waals surface area contributed by atoms with Gasteiger partial charge in [-0.1, -0.05) is 27.4 Å². The fraction of sp³-hybridized carbons (Fsp3) is 0.720. The van der Waals surface area contributed by atoms with Crippen LogP contribution in [0.4, 0.5) is 0 Å². The number of nitrogens with one attached hydrogen (secondary N) is 1. The average Bonchev–Trinajstić information content (AvgIpc) is 3.41. The highest BCUT2D eigenvalue weighted by Gasteiger charge is 3.10. The van der Waals surface area contributed by atoms with Crippen molar-refractivity contribution in [3.05, 3.63) is 36.2 Å². The van der Waals surface area contributed by atoms with Crippen molar-refractivity contribution in [2.24, 2.45) is 16.7 Å². The molecule has 2 saturated heterocycles. The molecule has 4 aliphatic carbocycles. The van der Waals surface area contributed by atoms with Gasteiger partial charge in [-0.3, -0.25) is 0 Å². The largest absolute Gasteiger partial charge is 0.451 e. The van der Waals surface area contributed by atoms with Crippen LogP contribution in [0.15, 0.2) is 30.5 Å². The number of hydrogen-bond acceptors (Lipinski definition) is 9. The van der Waals surface area contributed by atoms with Crippen LogP contribution in [0.3, 0.4) is 0 Å². The van der Waals surface area contributed by atoms with Gasteiger partial charge >= 0.3 is 5.97 Å². The lowest BCUT2D eigenvalue weighted by molar-refractivity contribution is -0.383. The van der Waals surface area contributed by atoms with Gasteiger partial charge in [0.15, 0.2) is 17.5 Å². The summed E-state index contributed by atoms with van der Waals surface area (Å²) in [6.07, 6.45) is -2.19. The lowest BCUT2D eigenvalue weighted by Crippen LogP contribution is -2.74. The number of aliphatic hydroxyl groups excluding tert-OH is 1. The molecule has 3 heterocycles. The first kappa shape index (κ1) is 23.6. The molecule has 10 heteroatoms. The maximum atomic E-state index is 13.2. The van der Waals surface area contributed by atoms with E-state index in [1.165, 1.54) is 26.1 Å². The Labute approximate surface area is 202 Å². The predicted octanol–water partition coefficient (Wildman–Crippen LogP) is -0.268. The summed E-state index contributed by atoms with van der Waals surface area (Å²) >= 11 is 0. The Kier molecular flexibility index (Phi) is 3.95. The van der Waals surface area contributed by atoms with E-state index in [4.69, 9.17) is 9.47 Å². The minimum absolute atomic E-state index is 0.0342. The zero-order chi connectivity index (χ0) is 25.8. The van der Waals surface area contributed by atoms with E-state index >= 15 is 0 Å². The molecule has 6 aliphatic rings. The van der Waals surface area contributed by atoms with Gasteiger partial charge in [0.05, 0.1) is 5.41 Å². The van der Waals surface area contributed by atoms with Crippen LogP contribution in [0.25, 0.3) is 0 Å². The Hall–Kier alpha value is -1.79. The molecule has 10 nitrogen and oxygen atoms in total. The second-order valence-electron chi connectivity index (χ2n) is 12.0. The molecule has 6 bridgehead atoms. The topological polar surface area (TPSA) is 173 Å². The molecule has 1 spiro atoms. The molecule has 1 aromatic rings. The molecule has 4 saturated carbocycles. The third kappa shape index (κ3) is 1.71. The van der Waals surface area contributed by atoms with E-state index in [2.05, 4.69) is 11.6 Å². The second-order valence-corrected chi connectivity index (χ2v) is 12.0. The number of aromatic nitrogens is 1. The van der Waals surface area contributed by atoms with Crippen LogP contribution in [0, 0.1) is 16.7 Å². The summed E-state index contributed by atoms with van der Waals surface area (Å²) in [5.74, 6) is -3.97. The molecular formula is C25H33NO9. The van der Waals surface area contributed by atoms with Crippen LogP contribution >= 0.6 is 0 Å². The summed E-state index contributed by atoms with van der Waals surface area (Å²) in [4.78, 5) is 15.9. The molecule has 35 heavy (non-hydrogen) atoms. The van der Waals surface area contributed by atoms with Gasteiger partial charge in [-0.2, -0.15) is 0 Å². The Morgan fingerprint density at radius 2 is 1.89 bits per heavy atom. The standard InChI is InChI=1S/C25H33NO9/c1-12(2)22(31)17(34-16(28)14-7-6-10-26-14)23(32)18(4)11-21(30)19(22,5)25(23,33)24(35-21)15(27)13(3)8-9-20(18,24)29/h6-7,10,12,15,17,26-27,29-33H,3,8-9,11H2,1-2,4-5H3/t15?,17-,18+,19-,20+,21+,22-,23-,24?,25-/m1/s1. The van der Waals surface area contributed by atoms with Crippen molar-refractivity contribution in [2.75, 3.05) is 0 Å². The van der Waals surface area contributed by atoms with Crippen LogP contribution in [0.5, 0.6) is 0 Å². The van der Waals surface area contributed by atoms with Gasteiger partial charge in [-0.05, 0) is 43.4 Å². The zero-order valence-corrected chi connectivity index (χ0v) is 20.2. The molecule has 10 atom stereocenters. The predicted molar refractivity (Wildman–Crippen MR) is 119 cm³/mol. The number of aromatic amines is 1. The van der Waals surface area contributed by atoms with Crippen LogP contribution in [0.2, 0.25) is 0 Å². The quantitative estimate of drug-likeness (QED) is 0.222. The molecule has 1 aromatic heterocycles. The van der Waals surface area contributed by atoms with Gasteiger partial charge in [-0.25, -0.2) is 4.79 Å². The smallest absolute Gasteiger partial charge is 0.355 e. The summed E-state index contributed by atoms with van der Waals surface area (Å²) in [5, 5.41) is 73.7. The Morgan fingerprint density at radius 1 is 1.23 bits per heavy atom. The van der Waals surface area contributed by atoms with E-state index in [9.17, 15) is 35.4 Å². The summed E-state index contributed by atoms with van der Waals surface area (Å²) in [6, 6.07) is 3.04. The zero-order valence-electron chi connectivity index (χ0n) is 20.2. The fourth-order valence-corrected chi connectivity index (χ4v) is 9.29. The normalized spacial score (nSPS) is 57.7. The Balaban J connectivity index is 1.70. The number of aliphatic hydroxyl groups is 6. The van der Waals surface area contributed by atoms with Crippen molar-refractivity contribution >= 4 is 5.97 Å². The van der Waals surface area contributed by atoms with E-state index < -0.39 is 68.7 Å². The van der Waals surface area contributed by atoms with E-state index in [1.54, 1.807) is 19.9 Å². The minimum Gasteiger partial charge on any atom is -0.451 e. The summed E-state index contributed by atoms with van der Waals surface area (Å²) in [6.45, 7) is 9.96. The molecule has 2 unspecified atom stereocenters. The summed E-state index contributed by atoms with van der Waals surface area (Å²) in [5.41, 5.74) is -15.4. The fourth-order valence-electron chi connectivity index (χ4n) is 9.29. The molecule has 7 N–H and O–H groups in total. The van der Waals surface area contributed by atoms with Crippen molar-refractivity contribution in [1.29, 1.82) is 0 Å². The Morgan fingerprint density at radius 3 is 2.46 bits per heavy atom. The highest BCUT2D eigenvalue weighted by atomic mass is 16.7. The number of esters is 1. The summed E-state index contributed by atoms with van der Waals surface area (Å²) < 4.78 is 12.0. The van der Waals surface area contributed by atoms with Gasteiger partial charge < -0.3 is 45.1 Å². The second kappa shape index (κ2) is 5.85. The van der Waals surface area contributed by atoms with Gasteiger partial charge in [-0.15, -0.1) is 0 Å². The van der Waals surface area contributed by atoms with E-state index in [0.29, 0.717) is 0 Å². The van der Waals surface area contributed by atoms with Crippen LogP contribution in [-0.4, -0.2) is 87.6 Å². The van der Waals surface area contributed by atoms with E-state index in [1.807, 2.05) is 0 Å². The number of carbonyl (C=O) groups excluding carboxylic acids is 1. The molecule has 0 radical (unpaired) electrons. The third-order valence-corrected chi connectivity index (χ3v) is 11.0. The van der Waals surface area contributed by atoms with Crippen molar-refractivity contribution in [3.63, 3.8) is 0 Å². The number of hydrogen-bond donors (Lipinski definition) is 7. The monoisotopic (exact) mass is 491 g/mol. The lowest BCUT2D eigenvalue weighted by Gasteiger charge is -2.60. The summed E-state index contributed by atoms with van der Waals surface area (Å²) in [7, 11) is 0. The minimum atomic E-state index is -2.65. The van der Waals surface area contributed by atoms with Crippen LogP contribution in [-0.2, 0) is 9.47 Å².